The first kappa shape index (κ1) is 42.0. The Labute approximate surface area is 284 Å². The van der Waals surface area contributed by atoms with Gasteiger partial charge in [-0.3, -0.25) is 9.59 Å². The van der Waals surface area contributed by atoms with Gasteiger partial charge in [-0.25, -0.2) is 0 Å². The number of fused-ring (bicyclic) bond motifs is 1. The number of methoxy groups -OCH3 is 1. The standard InChI is InChI=1S/C39H66O5.C2H6/c1-26(2)17-14-18-27(3)19-15-20-28(4)21-16-23-39(12)24-22-32-31(7)33(29(5)30(6)34(32)44-39)43-36(41)38(10,11)25-37(8,9)35(40)42-13;1-2/h26-28H,14-25H2,1-13H3;1-2H3/t27?,28?,39-;/m0./s1. The second kappa shape index (κ2) is 18.5. The largest absolute Gasteiger partial charge is 0.487 e. The Hall–Kier alpha value is -2.04. The van der Waals surface area contributed by atoms with Crippen molar-refractivity contribution in [2.24, 2.45) is 28.6 Å². The van der Waals surface area contributed by atoms with E-state index < -0.39 is 10.8 Å². The Kier molecular flexibility index (Phi) is 16.9. The van der Waals surface area contributed by atoms with Crippen molar-refractivity contribution in [3.8, 4) is 11.5 Å². The number of esters is 2. The molecule has 0 amide bonds. The molecule has 0 saturated heterocycles. The molecule has 0 saturated carbocycles. The summed E-state index contributed by atoms with van der Waals surface area (Å²) in [6.45, 7) is 29.2. The molecule has 2 unspecified atom stereocenters. The minimum Gasteiger partial charge on any atom is -0.487 e. The molecule has 1 heterocycles. The van der Waals surface area contributed by atoms with Crippen LogP contribution in [0.4, 0.5) is 0 Å². The summed E-state index contributed by atoms with van der Waals surface area (Å²) in [5, 5.41) is 0. The molecule has 1 aliphatic rings. The summed E-state index contributed by atoms with van der Waals surface area (Å²) in [5.74, 6) is 3.36. The van der Waals surface area contributed by atoms with E-state index in [1.165, 1.54) is 58.5 Å². The number of carbonyl (C=O) groups is 2. The molecular weight excluding hydrogens is 572 g/mol. The average Bonchev–Trinajstić information content (AvgIpc) is 2.97. The minimum atomic E-state index is -0.863. The topological polar surface area (TPSA) is 61.8 Å². The summed E-state index contributed by atoms with van der Waals surface area (Å²) in [6, 6.07) is 0. The maximum Gasteiger partial charge on any atom is 0.316 e. The first-order valence-corrected chi connectivity index (χ1v) is 18.5. The third kappa shape index (κ3) is 12.2. The third-order valence-electron chi connectivity index (χ3n) is 10.2. The van der Waals surface area contributed by atoms with Crippen LogP contribution in [0.2, 0.25) is 0 Å². The lowest BCUT2D eigenvalue weighted by molar-refractivity contribution is -0.155. The van der Waals surface area contributed by atoms with Crippen LogP contribution in [0.15, 0.2) is 0 Å². The maximum absolute atomic E-state index is 13.4. The van der Waals surface area contributed by atoms with Gasteiger partial charge < -0.3 is 14.2 Å². The molecule has 1 aromatic rings. The summed E-state index contributed by atoms with van der Waals surface area (Å²) in [4.78, 5) is 25.7. The van der Waals surface area contributed by atoms with Crippen LogP contribution in [0.1, 0.15) is 169 Å². The number of hydrogen-bond donors (Lipinski definition) is 0. The normalized spacial score (nSPS) is 17.7. The Morgan fingerprint density at radius 2 is 1.28 bits per heavy atom. The molecular formula is C41H72O5. The first-order chi connectivity index (χ1) is 21.3. The van der Waals surface area contributed by atoms with Crippen LogP contribution in [0, 0.1) is 49.4 Å². The second-order valence-electron chi connectivity index (χ2n) is 16.2. The molecule has 3 atom stereocenters. The lowest BCUT2D eigenvalue weighted by atomic mass is 9.75. The monoisotopic (exact) mass is 645 g/mol. The van der Waals surface area contributed by atoms with Crippen LogP contribution in [0.25, 0.3) is 0 Å². The zero-order chi connectivity index (χ0) is 35.5. The van der Waals surface area contributed by atoms with Gasteiger partial charge in [-0.2, -0.15) is 0 Å². The molecule has 5 heteroatoms. The van der Waals surface area contributed by atoms with Gasteiger partial charge in [0.25, 0.3) is 0 Å². The molecule has 0 spiro atoms. The Morgan fingerprint density at radius 1 is 0.783 bits per heavy atom. The van der Waals surface area contributed by atoms with Gasteiger partial charge in [0.15, 0.2) is 0 Å². The van der Waals surface area contributed by atoms with Crippen molar-refractivity contribution in [2.75, 3.05) is 7.11 Å². The molecule has 0 fully saturated rings. The Morgan fingerprint density at radius 3 is 1.80 bits per heavy atom. The van der Waals surface area contributed by atoms with Crippen LogP contribution in [-0.2, 0) is 20.7 Å². The van der Waals surface area contributed by atoms with E-state index in [9.17, 15) is 9.59 Å². The van der Waals surface area contributed by atoms with Gasteiger partial charge in [0, 0.05) is 5.56 Å². The highest BCUT2D eigenvalue weighted by molar-refractivity contribution is 5.82. The smallest absolute Gasteiger partial charge is 0.316 e. The van der Waals surface area contributed by atoms with Crippen LogP contribution < -0.4 is 9.47 Å². The van der Waals surface area contributed by atoms with Crippen molar-refractivity contribution in [2.45, 2.75) is 180 Å². The summed E-state index contributed by atoms with van der Waals surface area (Å²) in [5.41, 5.74) is 2.27. The highest BCUT2D eigenvalue weighted by Gasteiger charge is 2.42. The van der Waals surface area contributed by atoms with Gasteiger partial charge in [-0.15, -0.1) is 0 Å². The number of rotatable bonds is 17. The lowest BCUT2D eigenvalue weighted by Gasteiger charge is -2.38. The quantitative estimate of drug-likeness (QED) is 0.125. The molecule has 1 aliphatic heterocycles. The fraction of sp³-hybridized carbons (Fsp3) is 0.805. The van der Waals surface area contributed by atoms with Crippen molar-refractivity contribution in [1.29, 1.82) is 0 Å². The molecule has 266 valence electrons. The fourth-order valence-electron chi connectivity index (χ4n) is 7.17. The van der Waals surface area contributed by atoms with Gasteiger partial charge in [0.05, 0.1) is 17.9 Å². The fourth-order valence-corrected chi connectivity index (χ4v) is 7.17. The van der Waals surface area contributed by atoms with Gasteiger partial charge in [-0.1, -0.05) is 86.5 Å². The molecule has 2 rings (SSSR count). The van der Waals surface area contributed by atoms with Crippen molar-refractivity contribution in [1.82, 2.24) is 0 Å². The van der Waals surface area contributed by atoms with Crippen LogP contribution in [0.5, 0.6) is 11.5 Å². The predicted molar refractivity (Wildman–Crippen MR) is 194 cm³/mol. The first-order valence-electron chi connectivity index (χ1n) is 18.5. The number of ether oxygens (including phenoxy) is 3. The summed E-state index contributed by atoms with van der Waals surface area (Å²) >= 11 is 0. The molecule has 0 N–H and O–H groups in total. The van der Waals surface area contributed by atoms with Crippen molar-refractivity contribution >= 4 is 11.9 Å². The van der Waals surface area contributed by atoms with Crippen LogP contribution in [-0.4, -0.2) is 24.6 Å². The van der Waals surface area contributed by atoms with Gasteiger partial charge in [0.2, 0.25) is 0 Å². The van der Waals surface area contributed by atoms with Gasteiger partial charge in [0.1, 0.15) is 17.1 Å². The van der Waals surface area contributed by atoms with Crippen LogP contribution in [0.3, 0.4) is 0 Å². The Bertz CT molecular complexity index is 1110. The molecule has 0 aliphatic carbocycles. The summed E-state index contributed by atoms with van der Waals surface area (Å²) < 4.78 is 17.9. The number of carbonyl (C=O) groups excluding carboxylic acids is 2. The van der Waals surface area contributed by atoms with Crippen LogP contribution >= 0.6 is 0 Å². The molecule has 5 nitrogen and oxygen atoms in total. The van der Waals surface area contributed by atoms with E-state index in [-0.39, 0.29) is 17.5 Å². The van der Waals surface area contributed by atoms with Gasteiger partial charge in [-0.05, 0) is 122 Å². The molecule has 0 aromatic heterocycles. The Balaban J connectivity index is 0.00000518. The highest BCUT2D eigenvalue weighted by Crippen LogP contribution is 2.46. The van der Waals surface area contributed by atoms with E-state index >= 15 is 0 Å². The van der Waals surface area contributed by atoms with E-state index in [1.54, 1.807) is 13.8 Å². The van der Waals surface area contributed by atoms with E-state index in [4.69, 9.17) is 14.2 Å². The highest BCUT2D eigenvalue weighted by atomic mass is 16.5. The van der Waals surface area contributed by atoms with E-state index in [2.05, 4.69) is 41.5 Å². The summed E-state index contributed by atoms with van der Waals surface area (Å²) in [6.07, 6.45) is 13.8. The molecule has 0 bridgehead atoms. The van der Waals surface area contributed by atoms with E-state index in [0.717, 1.165) is 65.0 Å². The second-order valence-corrected chi connectivity index (χ2v) is 16.2. The average molecular weight is 645 g/mol. The zero-order valence-electron chi connectivity index (χ0n) is 32.8. The zero-order valence-corrected chi connectivity index (χ0v) is 32.8. The summed E-state index contributed by atoms with van der Waals surface area (Å²) in [7, 11) is 1.38. The lowest BCUT2D eigenvalue weighted by Crippen LogP contribution is -2.38. The number of benzene rings is 1. The van der Waals surface area contributed by atoms with Crippen molar-refractivity contribution < 1.29 is 23.8 Å². The van der Waals surface area contributed by atoms with Gasteiger partial charge >= 0.3 is 11.9 Å². The predicted octanol–water partition coefficient (Wildman–Crippen LogP) is 11.7. The van der Waals surface area contributed by atoms with Crippen molar-refractivity contribution in [3.05, 3.63) is 22.3 Å². The maximum atomic E-state index is 13.4. The van der Waals surface area contributed by atoms with E-state index in [0.29, 0.717) is 12.2 Å². The molecule has 0 radical (unpaired) electrons. The number of hydrogen-bond acceptors (Lipinski definition) is 5. The minimum absolute atomic E-state index is 0.180. The SMILES string of the molecule is CC.COC(=O)C(C)(C)CC(C)(C)C(=O)Oc1c(C)c(C)c2c(c1C)CC[C@](C)(CCCC(C)CCCC(C)CCCC(C)C)O2. The molecule has 1 aromatic carbocycles. The third-order valence-corrected chi connectivity index (χ3v) is 10.2. The van der Waals surface area contributed by atoms with Crippen molar-refractivity contribution in [3.63, 3.8) is 0 Å². The van der Waals surface area contributed by atoms with E-state index in [1.807, 2.05) is 41.5 Å². The molecule has 46 heavy (non-hydrogen) atoms.